The molecule has 1 aromatic rings. The second-order valence-electron chi connectivity index (χ2n) is 13.2. The number of hydrogen-bond acceptors (Lipinski definition) is 3. The molecule has 4 nitrogen and oxygen atoms in total. The first-order chi connectivity index (χ1) is 18.0. The van der Waals surface area contributed by atoms with E-state index in [0.29, 0.717) is 24.2 Å². The number of fused-ring (bicyclic) bond motifs is 5. The Morgan fingerprint density at radius 2 is 1.68 bits per heavy atom. The van der Waals surface area contributed by atoms with Crippen LogP contribution in [0.5, 0.6) is 0 Å². The first-order valence-electron chi connectivity index (χ1n) is 14.4. The fraction of sp³-hybridized carbons (Fsp3) is 0.677. The van der Waals surface area contributed by atoms with Crippen molar-refractivity contribution in [1.82, 2.24) is 10.6 Å². The number of alkyl halides is 3. The second kappa shape index (κ2) is 8.85. The Bertz CT molecular complexity index is 1150. The second-order valence-corrected chi connectivity index (χ2v) is 13.2. The maximum Gasteiger partial charge on any atom is 0.416 e. The molecule has 38 heavy (non-hydrogen) atoms. The van der Waals surface area contributed by atoms with Gasteiger partial charge in [-0.2, -0.15) is 13.2 Å². The van der Waals surface area contributed by atoms with Gasteiger partial charge < -0.3 is 10.6 Å². The molecule has 0 aromatic heterocycles. The van der Waals surface area contributed by atoms with Crippen LogP contribution >= 0.6 is 0 Å². The van der Waals surface area contributed by atoms with E-state index in [9.17, 15) is 22.8 Å². The van der Waals surface area contributed by atoms with Crippen LogP contribution in [-0.2, 0) is 21.3 Å². The average Bonchev–Trinajstić information content (AvgIpc) is 3.49. The number of halogens is 3. The third-order valence-electron chi connectivity index (χ3n) is 11.5. The molecular formula is C31H39F3N2O2. The van der Waals surface area contributed by atoms with Gasteiger partial charge in [0.1, 0.15) is 0 Å². The van der Waals surface area contributed by atoms with Gasteiger partial charge in [0.2, 0.25) is 5.91 Å². The Morgan fingerprint density at radius 3 is 2.37 bits per heavy atom. The first kappa shape index (κ1) is 25.9. The van der Waals surface area contributed by atoms with Crippen LogP contribution in [0.15, 0.2) is 36.0 Å². The Morgan fingerprint density at radius 1 is 0.974 bits per heavy atom. The van der Waals surface area contributed by atoms with Crippen LogP contribution in [0.25, 0.3) is 0 Å². The molecule has 4 aliphatic carbocycles. The first-order valence-corrected chi connectivity index (χ1v) is 14.4. The molecule has 1 aliphatic heterocycles. The van der Waals surface area contributed by atoms with Gasteiger partial charge in [0.15, 0.2) is 5.78 Å². The Hall–Kier alpha value is -2.31. The number of ketones is 1. The van der Waals surface area contributed by atoms with E-state index in [0.717, 1.165) is 87.7 Å². The van der Waals surface area contributed by atoms with E-state index in [1.165, 1.54) is 0 Å². The average molecular weight is 529 g/mol. The van der Waals surface area contributed by atoms with Crippen LogP contribution in [-0.4, -0.2) is 18.2 Å². The fourth-order valence-electron chi connectivity index (χ4n) is 9.34. The maximum absolute atomic E-state index is 14.0. The van der Waals surface area contributed by atoms with E-state index < -0.39 is 17.3 Å². The highest BCUT2D eigenvalue weighted by atomic mass is 19.4. The van der Waals surface area contributed by atoms with Crippen LogP contribution in [0.4, 0.5) is 13.2 Å². The SMILES string of the molecule is C[C@]12CCC(=O)C=C1NC[C@@H]1[C@H]2CC[C@]2(C)C(C(=O)NC3(c4ccc(C(F)(F)F)cc4)CCCC3)CC[C@@H]12. The summed E-state index contributed by atoms with van der Waals surface area (Å²) in [6, 6.07) is 5.42. The predicted octanol–water partition coefficient (Wildman–Crippen LogP) is 6.51. The van der Waals surface area contributed by atoms with Gasteiger partial charge in [0.05, 0.1) is 11.1 Å². The quantitative estimate of drug-likeness (QED) is 0.471. The van der Waals surface area contributed by atoms with E-state index in [1.807, 2.05) is 6.08 Å². The highest BCUT2D eigenvalue weighted by Gasteiger charge is 2.61. The number of benzene rings is 1. The van der Waals surface area contributed by atoms with Crippen molar-refractivity contribution >= 4 is 11.7 Å². The van der Waals surface area contributed by atoms with E-state index >= 15 is 0 Å². The number of hydrogen-bond donors (Lipinski definition) is 2. The molecule has 4 fully saturated rings. The monoisotopic (exact) mass is 528 g/mol. The number of amides is 1. The van der Waals surface area contributed by atoms with E-state index in [-0.39, 0.29) is 28.4 Å². The maximum atomic E-state index is 14.0. The van der Waals surface area contributed by atoms with E-state index in [1.54, 1.807) is 12.1 Å². The minimum absolute atomic E-state index is 0.00891. The van der Waals surface area contributed by atoms with Crippen LogP contribution in [0.2, 0.25) is 0 Å². The minimum Gasteiger partial charge on any atom is -0.387 e. The zero-order chi connectivity index (χ0) is 26.9. The van der Waals surface area contributed by atoms with Gasteiger partial charge in [-0.15, -0.1) is 0 Å². The van der Waals surface area contributed by atoms with Crippen LogP contribution in [0, 0.1) is 34.5 Å². The summed E-state index contributed by atoms with van der Waals surface area (Å²) >= 11 is 0. The van der Waals surface area contributed by atoms with Gasteiger partial charge in [-0.05, 0) is 85.8 Å². The lowest BCUT2D eigenvalue weighted by atomic mass is 9.50. The number of allylic oxidation sites excluding steroid dienone is 2. The molecule has 7 heteroatoms. The molecule has 5 aliphatic rings. The van der Waals surface area contributed by atoms with Crippen molar-refractivity contribution in [1.29, 1.82) is 0 Å². The van der Waals surface area contributed by atoms with Crippen LogP contribution in [0.1, 0.15) is 89.2 Å². The van der Waals surface area contributed by atoms with E-state index in [2.05, 4.69) is 24.5 Å². The zero-order valence-corrected chi connectivity index (χ0v) is 22.4. The third-order valence-corrected chi connectivity index (χ3v) is 11.5. The van der Waals surface area contributed by atoms with Gasteiger partial charge >= 0.3 is 6.18 Å². The van der Waals surface area contributed by atoms with Gasteiger partial charge in [0.25, 0.3) is 0 Å². The molecule has 2 N–H and O–H groups in total. The van der Waals surface area contributed by atoms with Crippen molar-refractivity contribution in [2.45, 2.75) is 89.8 Å². The molecule has 6 atom stereocenters. The number of nitrogens with one attached hydrogen (secondary N) is 2. The zero-order valence-electron chi connectivity index (χ0n) is 22.4. The lowest BCUT2D eigenvalue weighted by molar-refractivity contribution is -0.138. The van der Waals surface area contributed by atoms with Gasteiger partial charge in [-0.25, -0.2) is 0 Å². The normalized spacial score (nSPS) is 37.9. The Labute approximate surface area is 223 Å². The van der Waals surface area contributed by atoms with Gasteiger partial charge in [0, 0.05) is 36.1 Å². The number of carbonyl (C=O) groups is 2. The summed E-state index contributed by atoms with van der Waals surface area (Å²) in [5, 5.41) is 7.04. The largest absolute Gasteiger partial charge is 0.416 e. The molecule has 1 heterocycles. The summed E-state index contributed by atoms with van der Waals surface area (Å²) in [5.41, 5.74) is 0.588. The van der Waals surface area contributed by atoms with Crippen molar-refractivity contribution < 1.29 is 22.8 Å². The highest BCUT2D eigenvalue weighted by Crippen LogP contribution is 2.64. The molecule has 0 radical (unpaired) electrons. The van der Waals surface area contributed by atoms with Gasteiger partial charge in [-0.3, -0.25) is 9.59 Å². The highest BCUT2D eigenvalue weighted by molar-refractivity contribution is 5.91. The molecular weight excluding hydrogens is 489 g/mol. The summed E-state index contributed by atoms with van der Waals surface area (Å²) in [6.45, 7) is 5.50. The minimum atomic E-state index is -4.37. The van der Waals surface area contributed by atoms with Gasteiger partial charge in [-0.1, -0.05) is 38.8 Å². The molecule has 3 saturated carbocycles. The molecule has 1 saturated heterocycles. The molecule has 0 bridgehead atoms. The van der Waals surface area contributed by atoms with Crippen molar-refractivity contribution in [3.8, 4) is 0 Å². The van der Waals surface area contributed by atoms with Crippen molar-refractivity contribution in [2.75, 3.05) is 6.54 Å². The fourth-order valence-corrected chi connectivity index (χ4v) is 9.34. The Kier molecular flexibility index (Phi) is 6.04. The van der Waals surface area contributed by atoms with E-state index in [4.69, 9.17) is 0 Å². The summed E-state index contributed by atoms with van der Waals surface area (Å²) in [4.78, 5) is 26.1. The summed E-state index contributed by atoms with van der Waals surface area (Å²) in [6.07, 6.45) is 6.36. The van der Waals surface area contributed by atoms with Crippen molar-refractivity contribution in [3.05, 3.63) is 47.2 Å². The smallest absolute Gasteiger partial charge is 0.387 e. The lowest BCUT2D eigenvalue weighted by Gasteiger charge is -2.58. The van der Waals surface area contributed by atoms with Crippen LogP contribution in [0.3, 0.4) is 0 Å². The summed E-state index contributed by atoms with van der Waals surface area (Å²) in [5.74, 6) is 1.67. The third kappa shape index (κ3) is 3.93. The molecule has 0 spiro atoms. The molecule has 1 amide bonds. The summed E-state index contributed by atoms with van der Waals surface area (Å²) < 4.78 is 39.5. The molecule has 206 valence electrons. The van der Waals surface area contributed by atoms with Crippen molar-refractivity contribution in [3.63, 3.8) is 0 Å². The number of rotatable bonds is 3. The van der Waals surface area contributed by atoms with Crippen LogP contribution < -0.4 is 10.6 Å². The standard InChI is InChI=1S/C31H39F3N2O2/c1-28-16-12-24-22(18-35-26-17-21(37)11-15-29(24,26)2)23(28)9-10-25(28)27(38)36-30(13-3-4-14-30)19-5-7-20(8-6-19)31(32,33)34/h5-8,17,22-25,35H,3-4,9-16,18H2,1-2H3,(H,36,38)/t22-,23-,24+,25?,28-,29+/m0/s1. The predicted molar refractivity (Wildman–Crippen MR) is 139 cm³/mol. The molecule has 1 aromatic carbocycles. The summed E-state index contributed by atoms with van der Waals surface area (Å²) in [7, 11) is 0. The van der Waals surface area contributed by atoms with Crippen molar-refractivity contribution in [2.24, 2.45) is 34.5 Å². The molecule has 6 rings (SSSR count). The number of carbonyl (C=O) groups excluding carboxylic acids is 2. The lowest BCUT2D eigenvalue weighted by Crippen LogP contribution is -2.57. The molecule has 1 unspecified atom stereocenters. The number of piperidine rings is 1. The Balaban J connectivity index is 1.22. The topological polar surface area (TPSA) is 58.2 Å².